The van der Waals surface area contributed by atoms with Gasteiger partial charge in [0.05, 0.1) is 6.04 Å². The molecule has 1 atom stereocenters. The number of carbonyl (C=O) groups is 1. The summed E-state index contributed by atoms with van der Waals surface area (Å²) in [7, 11) is 0. The molecule has 27 heavy (non-hydrogen) atoms. The highest BCUT2D eigenvalue weighted by Crippen LogP contribution is 2.38. The van der Waals surface area contributed by atoms with Crippen molar-refractivity contribution in [2.45, 2.75) is 32.7 Å². The predicted octanol–water partition coefficient (Wildman–Crippen LogP) is 3.82. The molecule has 2 heterocycles. The van der Waals surface area contributed by atoms with E-state index >= 15 is 0 Å². The fraction of sp³-hybridized carbons (Fsp3) is 0.409. The van der Waals surface area contributed by atoms with E-state index in [1.54, 1.807) is 0 Å². The number of nitrogens with zero attached hydrogens (tertiary/aromatic N) is 1. The van der Waals surface area contributed by atoms with Gasteiger partial charge >= 0.3 is 0 Å². The third-order valence-corrected chi connectivity index (χ3v) is 5.22. The lowest BCUT2D eigenvalue weighted by Crippen LogP contribution is -2.34. The summed E-state index contributed by atoms with van der Waals surface area (Å²) in [6.45, 7) is 5.97. The summed E-state index contributed by atoms with van der Waals surface area (Å²) in [6, 6.07) is 12.1. The van der Waals surface area contributed by atoms with Crippen LogP contribution in [-0.2, 0) is 4.79 Å². The number of fused-ring (bicyclic) bond motifs is 1. The highest BCUT2D eigenvalue weighted by molar-refractivity contribution is 5.78. The molecule has 0 aliphatic carbocycles. The van der Waals surface area contributed by atoms with Crippen LogP contribution in [0.25, 0.3) is 0 Å². The van der Waals surface area contributed by atoms with Gasteiger partial charge in [0.25, 0.3) is 5.91 Å². The molecule has 0 saturated carbocycles. The van der Waals surface area contributed by atoms with Gasteiger partial charge in [0.1, 0.15) is 19.0 Å². The first kappa shape index (κ1) is 17.7. The smallest absolute Gasteiger partial charge is 0.261 e. The number of ether oxygens (including phenoxy) is 3. The van der Waals surface area contributed by atoms with E-state index in [9.17, 15) is 4.79 Å². The molecule has 0 spiro atoms. The molecule has 0 N–H and O–H groups in total. The van der Waals surface area contributed by atoms with Crippen molar-refractivity contribution in [1.82, 2.24) is 4.90 Å². The predicted molar refractivity (Wildman–Crippen MR) is 103 cm³/mol. The van der Waals surface area contributed by atoms with Crippen molar-refractivity contribution in [2.24, 2.45) is 0 Å². The van der Waals surface area contributed by atoms with Gasteiger partial charge in [-0.25, -0.2) is 0 Å². The van der Waals surface area contributed by atoms with Gasteiger partial charge in [0.15, 0.2) is 18.1 Å². The van der Waals surface area contributed by atoms with Gasteiger partial charge < -0.3 is 19.1 Å². The zero-order valence-corrected chi connectivity index (χ0v) is 15.9. The first-order valence-corrected chi connectivity index (χ1v) is 9.51. The summed E-state index contributed by atoms with van der Waals surface area (Å²) in [5, 5.41) is 0. The largest absolute Gasteiger partial charge is 0.486 e. The average Bonchev–Trinajstić information content (AvgIpc) is 3.18. The van der Waals surface area contributed by atoms with Crippen molar-refractivity contribution in [3.05, 3.63) is 53.1 Å². The Balaban J connectivity index is 1.46. The topological polar surface area (TPSA) is 48.0 Å². The molecule has 2 aromatic carbocycles. The zero-order chi connectivity index (χ0) is 18.8. The van der Waals surface area contributed by atoms with E-state index in [1.807, 2.05) is 55.1 Å². The van der Waals surface area contributed by atoms with E-state index in [1.165, 1.54) is 0 Å². The summed E-state index contributed by atoms with van der Waals surface area (Å²) >= 11 is 0. The molecule has 5 nitrogen and oxygen atoms in total. The highest BCUT2D eigenvalue weighted by atomic mass is 16.6. The molecule has 4 rings (SSSR count). The summed E-state index contributed by atoms with van der Waals surface area (Å²) in [5.41, 5.74) is 3.26. The van der Waals surface area contributed by atoms with E-state index in [4.69, 9.17) is 14.2 Å². The quantitative estimate of drug-likeness (QED) is 0.824. The number of likely N-dealkylation sites (tertiary alicyclic amines) is 1. The molecule has 1 amide bonds. The van der Waals surface area contributed by atoms with Crippen LogP contribution in [0.5, 0.6) is 17.2 Å². The van der Waals surface area contributed by atoms with Gasteiger partial charge in [-0.1, -0.05) is 18.2 Å². The van der Waals surface area contributed by atoms with Crippen molar-refractivity contribution in [3.63, 3.8) is 0 Å². The standard InChI is InChI=1S/C22H25NO4/c1-15-5-6-16(2)20(12-15)27-14-22(24)23-9-3-4-18(23)17-7-8-19-21(13-17)26-11-10-25-19/h5-8,12-13,18H,3-4,9-11,14H2,1-2H3. The molecule has 0 bridgehead atoms. The minimum atomic E-state index is 0.0216. The number of hydrogen-bond donors (Lipinski definition) is 0. The van der Waals surface area contributed by atoms with Crippen LogP contribution in [-0.4, -0.2) is 37.2 Å². The second-order valence-electron chi connectivity index (χ2n) is 7.21. The second kappa shape index (κ2) is 7.51. The number of hydrogen-bond acceptors (Lipinski definition) is 4. The first-order valence-electron chi connectivity index (χ1n) is 9.51. The summed E-state index contributed by atoms with van der Waals surface area (Å²) < 4.78 is 17.1. The Morgan fingerprint density at radius 3 is 2.78 bits per heavy atom. The summed E-state index contributed by atoms with van der Waals surface area (Å²) in [5.74, 6) is 2.34. The third-order valence-electron chi connectivity index (χ3n) is 5.22. The number of carbonyl (C=O) groups excluding carboxylic acids is 1. The van der Waals surface area contributed by atoms with Crippen LogP contribution in [0.2, 0.25) is 0 Å². The van der Waals surface area contributed by atoms with Gasteiger partial charge in [0, 0.05) is 6.54 Å². The summed E-state index contributed by atoms with van der Waals surface area (Å²) in [4.78, 5) is 14.8. The van der Waals surface area contributed by atoms with Crippen LogP contribution < -0.4 is 14.2 Å². The van der Waals surface area contributed by atoms with Crippen molar-refractivity contribution < 1.29 is 19.0 Å². The van der Waals surface area contributed by atoms with Crippen LogP contribution in [0.3, 0.4) is 0 Å². The Kier molecular flexibility index (Phi) is 4.92. The summed E-state index contributed by atoms with van der Waals surface area (Å²) in [6.07, 6.45) is 1.95. The van der Waals surface area contributed by atoms with Gasteiger partial charge in [0.2, 0.25) is 0 Å². The van der Waals surface area contributed by atoms with Crippen LogP contribution >= 0.6 is 0 Å². The molecule has 0 radical (unpaired) electrons. The third kappa shape index (κ3) is 3.72. The maximum absolute atomic E-state index is 12.8. The Morgan fingerprint density at radius 2 is 1.93 bits per heavy atom. The molecule has 5 heteroatoms. The van der Waals surface area contributed by atoms with Gasteiger partial charge in [-0.3, -0.25) is 4.79 Å². The second-order valence-corrected chi connectivity index (χ2v) is 7.21. The van der Waals surface area contributed by atoms with Crippen LogP contribution in [0.1, 0.15) is 35.6 Å². The minimum Gasteiger partial charge on any atom is -0.486 e. The maximum Gasteiger partial charge on any atom is 0.261 e. The lowest BCUT2D eigenvalue weighted by atomic mass is 10.0. The van der Waals surface area contributed by atoms with Crippen molar-refractivity contribution >= 4 is 5.91 Å². The van der Waals surface area contributed by atoms with E-state index in [0.29, 0.717) is 13.2 Å². The van der Waals surface area contributed by atoms with Crippen LogP contribution in [0, 0.1) is 13.8 Å². The number of aryl methyl sites for hydroxylation is 2. The van der Waals surface area contributed by atoms with Crippen molar-refractivity contribution in [1.29, 1.82) is 0 Å². The molecule has 142 valence electrons. The van der Waals surface area contributed by atoms with Crippen LogP contribution in [0.4, 0.5) is 0 Å². The number of rotatable bonds is 4. The molecule has 2 aromatic rings. The SMILES string of the molecule is Cc1ccc(C)c(OCC(=O)N2CCCC2c2ccc3c(c2)OCCO3)c1. The molecule has 0 aromatic heterocycles. The fourth-order valence-electron chi connectivity index (χ4n) is 3.76. The molecule has 1 unspecified atom stereocenters. The fourth-order valence-corrected chi connectivity index (χ4v) is 3.76. The molecule has 2 aliphatic rings. The molecule has 1 saturated heterocycles. The zero-order valence-electron chi connectivity index (χ0n) is 15.9. The molecular formula is C22H25NO4. The van der Waals surface area contributed by atoms with E-state index < -0.39 is 0 Å². The Morgan fingerprint density at radius 1 is 1.11 bits per heavy atom. The Bertz CT molecular complexity index is 848. The minimum absolute atomic E-state index is 0.0216. The Hall–Kier alpha value is -2.69. The van der Waals surface area contributed by atoms with Crippen LogP contribution in [0.15, 0.2) is 36.4 Å². The van der Waals surface area contributed by atoms with Gasteiger partial charge in [-0.05, 0) is 61.6 Å². The maximum atomic E-state index is 12.8. The Labute approximate surface area is 159 Å². The molecule has 2 aliphatic heterocycles. The van der Waals surface area contributed by atoms with E-state index in [0.717, 1.165) is 53.3 Å². The number of benzene rings is 2. The van der Waals surface area contributed by atoms with Crippen molar-refractivity contribution in [2.75, 3.05) is 26.4 Å². The highest BCUT2D eigenvalue weighted by Gasteiger charge is 2.31. The monoisotopic (exact) mass is 367 g/mol. The molecule has 1 fully saturated rings. The lowest BCUT2D eigenvalue weighted by Gasteiger charge is -2.27. The van der Waals surface area contributed by atoms with Gasteiger partial charge in [-0.2, -0.15) is 0 Å². The lowest BCUT2D eigenvalue weighted by molar-refractivity contribution is -0.134. The molecular weight excluding hydrogens is 342 g/mol. The van der Waals surface area contributed by atoms with E-state index in [-0.39, 0.29) is 18.6 Å². The van der Waals surface area contributed by atoms with Gasteiger partial charge in [-0.15, -0.1) is 0 Å². The first-order chi connectivity index (χ1) is 13.1. The van der Waals surface area contributed by atoms with Crippen molar-refractivity contribution in [3.8, 4) is 17.2 Å². The van der Waals surface area contributed by atoms with E-state index in [2.05, 4.69) is 0 Å². The normalized spacial score (nSPS) is 18.4. The average molecular weight is 367 g/mol. The number of amides is 1.